The summed E-state index contributed by atoms with van der Waals surface area (Å²) in [5, 5.41) is 8.00. The van der Waals surface area contributed by atoms with E-state index in [2.05, 4.69) is 10.4 Å². The molecule has 1 atom stereocenters. The van der Waals surface area contributed by atoms with Crippen LogP contribution in [0.5, 0.6) is 0 Å². The van der Waals surface area contributed by atoms with Gasteiger partial charge in [0.2, 0.25) is 5.22 Å². The Morgan fingerprint density at radius 3 is 2.67 bits per heavy atom. The van der Waals surface area contributed by atoms with Crippen LogP contribution in [0.25, 0.3) is 11.3 Å². The second-order valence-corrected chi connectivity index (χ2v) is 6.88. The number of halogens is 4. The van der Waals surface area contributed by atoms with Gasteiger partial charge >= 0.3 is 0 Å². The molecule has 2 aromatic heterocycles. The maximum Gasteiger partial charge on any atom is 0.202 e. The summed E-state index contributed by atoms with van der Waals surface area (Å²) < 4.78 is 33.6. The molecule has 5 nitrogen and oxygen atoms in total. The quantitative estimate of drug-likeness (QED) is 0.614. The van der Waals surface area contributed by atoms with Crippen LogP contribution in [0.1, 0.15) is 11.3 Å². The molecule has 9 heteroatoms. The maximum absolute atomic E-state index is 13.4. The van der Waals surface area contributed by atoms with E-state index >= 15 is 0 Å². The summed E-state index contributed by atoms with van der Waals surface area (Å²) in [4.78, 5) is 0. The second kappa shape index (κ2) is 8.39. The minimum absolute atomic E-state index is 0.150. The average molecular weight is 415 g/mol. The molecule has 27 heavy (non-hydrogen) atoms. The lowest BCUT2D eigenvalue weighted by Gasteiger charge is -2.16. The summed E-state index contributed by atoms with van der Waals surface area (Å²) >= 11 is 12.3. The van der Waals surface area contributed by atoms with Gasteiger partial charge in [-0.05, 0) is 41.8 Å². The van der Waals surface area contributed by atoms with Crippen molar-refractivity contribution < 1.29 is 13.2 Å². The van der Waals surface area contributed by atoms with Gasteiger partial charge in [-0.15, -0.1) is 0 Å². The summed E-state index contributed by atoms with van der Waals surface area (Å²) in [6.07, 6.45) is 1.98. The van der Waals surface area contributed by atoms with E-state index in [1.165, 1.54) is 18.3 Å². The summed E-state index contributed by atoms with van der Waals surface area (Å²) in [5.74, 6) is -1.16. The lowest BCUT2D eigenvalue weighted by molar-refractivity contribution is 0.443. The van der Waals surface area contributed by atoms with E-state index in [9.17, 15) is 8.78 Å². The lowest BCUT2D eigenvalue weighted by atomic mass is 10.1. The summed E-state index contributed by atoms with van der Waals surface area (Å²) in [7, 11) is 1.76. The lowest BCUT2D eigenvalue weighted by Crippen LogP contribution is -2.37. The third-order valence-electron chi connectivity index (χ3n) is 4.20. The van der Waals surface area contributed by atoms with Gasteiger partial charge in [0, 0.05) is 19.6 Å². The zero-order valence-corrected chi connectivity index (χ0v) is 16.0. The third-order valence-corrected chi connectivity index (χ3v) is 4.76. The third kappa shape index (κ3) is 4.50. The van der Waals surface area contributed by atoms with E-state index in [0.29, 0.717) is 47.1 Å². The number of rotatable bonds is 7. The predicted octanol–water partition coefficient (Wildman–Crippen LogP) is 3.92. The van der Waals surface area contributed by atoms with E-state index in [-0.39, 0.29) is 11.3 Å². The Balaban J connectivity index is 1.68. The SMILES string of the molecule is Cn1ncc(Cl)c1-c1cc(CN[C@H](CN)Cc2ccc(F)c(F)c2)oc1Cl. The van der Waals surface area contributed by atoms with Gasteiger partial charge in [0.15, 0.2) is 11.6 Å². The molecule has 0 spiro atoms. The number of aryl methyl sites for hydroxylation is 1. The Kier molecular flexibility index (Phi) is 6.16. The molecule has 144 valence electrons. The van der Waals surface area contributed by atoms with Gasteiger partial charge in [0.05, 0.1) is 29.0 Å². The van der Waals surface area contributed by atoms with Crippen LogP contribution in [0, 0.1) is 11.6 Å². The normalized spacial score (nSPS) is 12.5. The average Bonchev–Trinajstić information content (AvgIpc) is 3.16. The number of aromatic nitrogens is 2. The molecule has 3 aromatic rings. The molecule has 0 saturated carbocycles. The van der Waals surface area contributed by atoms with Crippen molar-refractivity contribution in [2.24, 2.45) is 12.8 Å². The highest BCUT2D eigenvalue weighted by Gasteiger charge is 2.18. The minimum atomic E-state index is -0.876. The van der Waals surface area contributed by atoms with Crippen molar-refractivity contribution in [1.29, 1.82) is 0 Å². The fourth-order valence-electron chi connectivity index (χ4n) is 2.81. The van der Waals surface area contributed by atoms with Gasteiger partial charge in [0.25, 0.3) is 0 Å². The van der Waals surface area contributed by atoms with Crippen LogP contribution >= 0.6 is 23.2 Å². The first kappa shape index (κ1) is 19.8. The Morgan fingerprint density at radius 2 is 2.04 bits per heavy atom. The minimum Gasteiger partial charge on any atom is -0.448 e. The van der Waals surface area contributed by atoms with Crippen molar-refractivity contribution in [1.82, 2.24) is 15.1 Å². The first-order valence-corrected chi connectivity index (χ1v) is 8.98. The predicted molar refractivity (Wildman–Crippen MR) is 101 cm³/mol. The van der Waals surface area contributed by atoms with Gasteiger partial charge in [-0.25, -0.2) is 8.78 Å². The number of nitrogens with zero attached hydrogens (tertiary/aromatic N) is 2. The Morgan fingerprint density at radius 1 is 1.26 bits per heavy atom. The van der Waals surface area contributed by atoms with Crippen LogP contribution < -0.4 is 11.1 Å². The standard InChI is InChI=1S/C18H18Cl2F2N4O/c1-26-17(14(19)9-25-26)13-6-12(27-18(13)20)8-24-11(7-23)4-10-2-3-15(21)16(22)5-10/h2-3,5-6,9,11,24H,4,7-8,23H2,1H3/t11-/m0/s1. The fraction of sp³-hybridized carbons (Fsp3) is 0.278. The van der Waals surface area contributed by atoms with E-state index in [1.54, 1.807) is 17.8 Å². The van der Waals surface area contributed by atoms with Gasteiger partial charge in [0.1, 0.15) is 5.76 Å². The van der Waals surface area contributed by atoms with Crippen molar-refractivity contribution in [2.45, 2.75) is 19.0 Å². The highest BCUT2D eigenvalue weighted by molar-refractivity contribution is 6.35. The molecule has 2 heterocycles. The molecule has 0 aliphatic heterocycles. The molecule has 0 saturated heterocycles. The van der Waals surface area contributed by atoms with Gasteiger partial charge in [-0.2, -0.15) is 5.10 Å². The van der Waals surface area contributed by atoms with E-state index < -0.39 is 11.6 Å². The smallest absolute Gasteiger partial charge is 0.202 e. The first-order valence-electron chi connectivity index (χ1n) is 8.22. The molecule has 0 radical (unpaired) electrons. The molecule has 0 aliphatic rings. The molecule has 0 aliphatic carbocycles. The molecule has 0 amide bonds. The van der Waals surface area contributed by atoms with Crippen molar-refractivity contribution in [3.8, 4) is 11.3 Å². The largest absolute Gasteiger partial charge is 0.448 e. The number of nitrogens with two attached hydrogens (primary N) is 1. The monoisotopic (exact) mass is 414 g/mol. The topological polar surface area (TPSA) is 69.0 Å². The van der Waals surface area contributed by atoms with Crippen LogP contribution in [0.2, 0.25) is 10.2 Å². The summed E-state index contributed by atoms with van der Waals surface area (Å²) in [6.45, 7) is 0.675. The zero-order valence-electron chi connectivity index (χ0n) is 14.5. The molecular weight excluding hydrogens is 397 g/mol. The molecule has 3 N–H and O–H groups in total. The van der Waals surface area contributed by atoms with Crippen molar-refractivity contribution in [2.75, 3.05) is 6.54 Å². The zero-order chi connectivity index (χ0) is 19.6. The number of furan rings is 1. The summed E-state index contributed by atoms with van der Waals surface area (Å²) in [5.41, 5.74) is 7.74. The highest BCUT2D eigenvalue weighted by Crippen LogP contribution is 2.35. The number of nitrogens with one attached hydrogen (secondary N) is 1. The van der Waals surface area contributed by atoms with Crippen molar-refractivity contribution >= 4 is 23.2 Å². The van der Waals surface area contributed by atoms with Crippen LogP contribution in [0.4, 0.5) is 8.78 Å². The van der Waals surface area contributed by atoms with Crippen LogP contribution in [0.15, 0.2) is 34.9 Å². The van der Waals surface area contributed by atoms with Gasteiger partial charge < -0.3 is 15.5 Å². The van der Waals surface area contributed by atoms with E-state index in [1.807, 2.05) is 0 Å². The number of benzene rings is 1. The number of hydrogen-bond donors (Lipinski definition) is 2. The highest BCUT2D eigenvalue weighted by atomic mass is 35.5. The Hall–Kier alpha value is -1.93. The number of hydrogen-bond acceptors (Lipinski definition) is 4. The second-order valence-electron chi connectivity index (χ2n) is 6.13. The molecule has 0 fully saturated rings. The van der Waals surface area contributed by atoms with Gasteiger partial charge in [-0.1, -0.05) is 17.7 Å². The van der Waals surface area contributed by atoms with E-state index in [0.717, 1.165) is 6.07 Å². The van der Waals surface area contributed by atoms with E-state index in [4.69, 9.17) is 33.4 Å². The van der Waals surface area contributed by atoms with Gasteiger partial charge in [-0.3, -0.25) is 4.68 Å². The van der Waals surface area contributed by atoms with Crippen LogP contribution in [-0.4, -0.2) is 22.4 Å². The van der Waals surface area contributed by atoms with Crippen molar-refractivity contribution in [3.63, 3.8) is 0 Å². The summed E-state index contributed by atoms with van der Waals surface area (Å²) in [6, 6.07) is 5.45. The maximum atomic E-state index is 13.4. The Bertz CT molecular complexity index is 922. The first-order chi connectivity index (χ1) is 12.9. The molecule has 0 bridgehead atoms. The fourth-order valence-corrected chi connectivity index (χ4v) is 3.33. The Labute approximate surface area is 165 Å². The molecule has 0 unspecified atom stereocenters. The molecule has 3 rings (SSSR count). The van der Waals surface area contributed by atoms with Crippen LogP contribution in [0.3, 0.4) is 0 Å². The molecule has 1 aromatic carbocycles. The molecular formula is C18H18Cl2F2N4O. The van der Waals surface area contributed by atoms with Crippen LogP contribution in [-0.2, 0) is 20.0 Å². The van der Waals surface area contributed by atoms with Crippen molar-refractivity contribution in [3.05, 3.63) is 63.7 Å².